The first-order valence-corrected chi connectivity index (χ1v) is 11.5. The predicted molar refractivity (Wildman–Crippen MR) is 107 cm³/mol. The highest BCUT2D eigenvalue weighted by Crippen LogP contribution is 2.64. The van der Waals surface area contributed by atoms with E-state index in [2.05, 4.69) is 30.7 Å². The summed E-state index contributed by atoms with van der Waals surface area (Å²) in [5, 5.41) is 14.5. The molecule has 1 heterocycles. The molecule has 4 fully saturated rings. The van der Waals surface area contributed by atoms with Crippen molar-refractivity contribution >= 4 is 5.78 Å². The molecule has 0 aromatic carbocycles. The maximum atomic E-state index is 12.6. The van der Waals surface area contributed by atoms with Crippen LogP contribution in [0.3, 0.4) is 0 Å². The van der Waals surface area contributed by atoms with Gasteiger partial charge in [-0.05, 0) is 74.7 Å². The second-order valence-corrected chi connectivity index (χ2v) is 10.7. The third-order valence-corrected chi connectivity index (χ3v) is 9.37. The lowest BCUT2D eigenvalue weighted by atomic mass is 9.45. The normalized spacial score (nSPS) is 50.5. The molecule has 1 saturated heterocycles. The van der Waals surface area contributed by atoms with Gasteiger partial charge in [-0.1, -0.05) is 19.9 Å². The van der Waals surface area contributed by atoms with E-state index in [9.17, 15) is 9.90 Å². The number of ketones is 1. The summed E-state index contributed by atoms with van der Waals surface area (Å²) in [5.41, 5.74) is 4.38. The Hall–Kier alpha value is -0.910. The lowest BCUT2D eigenvalue weighted by Crippen LogP contribution is -2.56. The van der Waals surface area contributed by atoms with E-state index in [-0.39, 0.29) is 29.0 Å². The predicted octanol–water partition coefficient (Wildman–Crippen LogP) is 2.95. The number of carbonyl (C=O) groups is 1. The monoisotopic (exact) mass is 388 g/mol. The Bertz CT molecular complexity index is 673. The lowest BCUT2D eigenvalue weighted by Gasteiger charge is -2.60. The van der Waals surface area contributed by atoms with Crippen LogP contribution in [-0.2, 0) is 9.63 Å². The first-order chi connectivity index (χ1) is 13.4. The highest BCUT2D eigenvalue weighted by atomic mass is 16.7. The molecule has 5 nitrogen and oxygen atoms in total. The standard InChI is InChI=1S/C23H36N2O3/c1-22-8-5-14(25-28-15-7-10-24-13-15)11-19(22)20(26)12-16-17-3-4-21(27)23(17,2)9-6-18(16)22/h11,15-20,24-26H,3-10,12-13H2,1-2H3/t15-,16+,17+,18+,19?,20-,22-,23+/m1/s1. The number of allylic oxidation sites excluding steroid dienone is 1. The van der Waals surface area contributed by atoms with Crippen molar-refractivity contribution in [1.29, 1.82) is 0 Å². The molecule has 5 heteroatoms. The summed E-state index contributed by atoms with van der Waals surface area (Å²) in [4.78, 5) is 18.5. The number of aliphatic hydroxyl groups is 1. The molecule has 5 rings (SSSR count). The third-order valence-electron chi connectivity index (χ3n) is 9.37. The molecule has 28 heavy (non-hydrogen) atoms. The number of hydroxylamine groups is 1. The van der Waals surface area contributed by atoms with Gasteiger partial charge in [0.2, 0.25) is 0 Å². The molecule has 0 aromatic rings. The Balaban J connectivity index is 1.35. The molecule has 8 atom stereocenters. The molecule has 0 radical (unpaired) electrons. The average molecular weight is 389 g/mol. The van der Waals surface area contributed by atoms with Crippen LogP contribution in [0.1, 0.15) is 65.2 Å². The van der Waals surface area contributed by atoms with Crippen LogP contribution in [0.2, 0.25) is 0 Å². The van der Waals surface area contributed by atoms with Crippen LogP contribution >= 0.6 is 0 Å². The molecule has 0 bridgehead atoms. The van der Waals surface area contributed by atoms with Crippen molar-refractivity contribution in [3.05, 3.63) is 11.8 Å². The molecule has 156 valence electrons. The lowest BCUT2D eigenvalue weighted by molar-refractivity contribution is -0.147. The highest BCUT2D eigenvalue weighted by Gasteiger charge is 2.61. The van der Waals surface area contributed by atoms with Gasteiger partial charge >= 0.3 is 0 Å². The Morgan fingerprint density at radius 2 is 2.04 bits per heavy atom. The number of rotatable bonds is 3. The largest absolute Gasteiger partial charge is 0.392 e. The molecule has 0 aromatic heterocycles. The van der Waals surface area contributed by atoms with E-state index < -0.39 is 0 Å². The average Bonchev–Trinajstić information content (AvgIpc) is 3.29. The van der Waals surface area contributed by atoms with Crippen LogP contribution in [0.25, 0.3) is 0 Å². The first-order valence-electron chi connectivity index (χ1n) is 11.5. The van der Waals surface area contributed by atoms with Gasteiger partial charge in [0.25, 0.3) is 0 Å². The number of nitrogens with one attached hydrogen (secondary N) is 2. The first kappa shape index (κ1) is 19.1. The number of carbonyl (C=O) groups excluding carboxylic acids is 1. The van der Waals surface area contributed by atoms with E-state index in [1.165, 1.54) is 0 Å². The third kappa shape index (κ3) is 2.80. The number of fused-ring (bicyclic) bond motifs is 5. The summed E-state index contributed by atoms with van der Waals surface area (Å²) >= 11 is 0. The van der Waals surface area contributed by atoms with Gasteiger partial charge in [-0.2, -0.15) is 0 Å². The summed E-state index contributed by atoms with van der Waals surface area (Å²) in [6.45, 7) is 6.55. The van der Waals surface area contributed by atoms with E-state index in [0.717, 1.165) is 70.2 Å². The number of Topliss-reactive ketones (excluding diaryl/α,β-unsaturated/α-hetero) is 1. The Morgan fingerprint density at radius 3 is 2.82 bits per heavy atom. The zero-order chi connectivity index (χ0) is 19.5. The quantitative estimate of drug-likeness (QED) is 0.649. The van der Waals surface area contributed by atoms with E-state index in [4.69, 9.17) is 4.84 Å². The molecule has 3 saturated carbocycles. The highest BCUT2D eigenvalue weighted by molar-refractivity contribution is 5.87. The molecule has 1 unspecified atom stereocenters. The molecule has 1 aliphatic heterocycles. The van der Waals surface area contributed by atoms with Crippen molar-refractivity contribution in [3.63, 3.8) is 0 Å². The van der Waals surface area contributed by atoms with Crippen molar-refractivity contribution in [1.82, 2.24) is 10.8 Å². The molecular formula is C23H36N2O3. The summed E-state index contributed by atoms with van der Waals surface area (Å²) < 4.78 is 0. The fourth-order valence-electron chi connectivity index (χ4n) is 7.65. The summed E-state index contributed by atoms with van der Waals surface area (Å²) in [5.74, 6) is 2.28. The fourth-order valence-corrected chi connectivity index (χ4v) is 7.65. The van der Waals surface area contributed by atoms with E-state index in [1.807, 2.05) is 0 Å². The van der Waals surface area contributed by atoms with Crippen LogP contribution in [0.4, 0.5) is 0 Å². The smallest absolute Gasteiger partial charge is 0.139 e. The summed E-state index contributed by atoms with van der Waals surface area (Å²) in [6, 6.07) is 0. The van der Waals surface area contributed by atoms with Gasteiger partial charge in [0, 0.05) is 30.0 Å². The zero-order valence-electron chi connectivity index (χ0n) is 17.4. The Labute approximate surface area is 168 Å². The SMILES string of the molecule is C[C@]12CCC(NO[C@@H]3CCNC3)=CC1[C@H](O)C[C@@H]1[C@@H]2CC[C@]2(C)C(=O)CC[C@@H]12. The maximum Gasteiger partial charge on any atom is 0.139 e. The fraction of sp³-hybridized carbons (Fsp3) is 0.870. The minimum atomic E-state index is -0.311. The minimum absolute atomic E-state index is 0.121. The molecule has 0 amide bonds. The molecule has 4 aliphatic carbocycles. The van der Waals surface area contributed by atoms with E-state index in [0.29, 0.717) is 23.5 Å². The van der Waals surface area contributed by atoms with Crippen molar-refractivity contribution in [2.75, 3.05) is 13.1 Å². The Morgan fingerprint density at radius 1 is 1.18 bits per heavy atom. The van der Waals surface area contributed by atoms with Gasteiger partial charge in [0.05, 0.1) is 12.2 Å². The summed E-state index contributed by atoms with van der Waals surface area (Å²) in [6.07, 6.45) is 10.2. The van der Waals surface area contributed by atoms with Crippen LogP contribution < -0.4 is 10.8 Å². The Kier molecular flexibility index (Phi) is 4.64. The second-order valence-electron chi connectivity index (χ2n) is 10.7. The van der Waals surface area contributed by atoms with Crippen molar-refractivity contribution < 1.29 is 14.7 Å². The van der Waals surface area contributed by atoms with E-state index >= 15 is 0 Å². The van der Waals surface area contributed by atoms with Crippen molar-refractivity contribution in [3.8, 4) is 0 Å². The van der Waals surface area contributed by atoms with Crippen LogP contribution in [0.5, 0.6) is 0 Å². The van der Waals surface area contributed by atoms with Crippen LogP contribution in [-0.4, -0.2) is 36.2 Å². The van der Waals surface area contributed by atoms with Gasteiger partial charge in [0.15, 0.2) is 0 Å². The molecule has 0 spiro atoms. The molecular weight excluding hydrogens is 352 g/mol. The zero-order valence-corrected chi connectivity index (χ0v) is 17.4. The van der Waals surface area contributed by atoms with Gasteiger partial charge < -0.3 is 10.4 Å². The van der Waals surface area contributed by atoms with Gasteiger partial charge in [-0.25, -0.2) is 0 Å². The number of hydrogen-bond donors (Lipinski definition) is 3. The molecule has 3 N–H and O–H groups in total. The van der Waals surface area contributed by atoms with Gasteiger partial charge in [-0.15, -0.1) is 0 Å². The van der Waals surface area contributed by atoms with Crippen LogP contribution in [0, 0.1) is 34.5 Å². The van der Waals surface area contributed by atoms with Crippen molar-refractivity contribution in [2.45, 2.75) is 77.4 Å². The van der Waals surface area contributed by atoms with E-state index in [1.54, 1.807) is 0 Å². The minimum Gasteiger partial charge on any atom is -0.392 e. The second kappa shape index (κ2) is 6.82. The van der Waals surface area contributed by atoms with Gasteiger partial charge in [0.1, 0.15) is 5.78 Å². The number of hydrogen-bond acceptors (Lipinski definition) is 5. The maximum absolute atomic E-state index is 12.6. The topological polar surface area (TPSA) is 70.6 Å². The summed E-state index contributed by atoms with van der Waals surface area (Å²) in [7, 11) is 0. The van der Waals surface area contributed by atoms with Crippen LogP contribution in [0.15, 0.2) is 11.8 Å². The number of aliphatic hydroxyl groups excluding tert-OH is 1. The van der Waals surface area contributed by atoms with Crippen molar-refractivity contribution in [2.24, 2.45) is 34.5 Å². The molecule has 5 aliphatic rings. The van der Waals surface area contributed by atoms with Gasteiger partial charge in [-0.3, -0.25) is 15.1 Å².